The van der Waals surface area contributed by atoms with Crippen LogP contribution in [0.4, 0.5) is 0 Å². The Morgan fingerprint density at radius 2 is 1.94 bits per heavy atom. The van der Waals surface area contributed by atoms with E-state index in [9.17, 15) is 0 Å². The van der Waals surface area contributed by atoms with Gasteiger partial charge in [0.2, 0.25) is 0 Å². The predicted octanol–water partition coefficient (Wildman–Crippen LogP) is 3.50. The molecule has 2 aromatic rings. The molecule has 1 aliphatic heterocycles. The number of nitrogens with zero attached hydrogens (tertiary/aromatic N) is 4. The monoisotopic (exact) mass is 570 g/mol. The van der Waals surface area contributed by atoms with Gasteiger partial charge in [0, 0.05) is 57.2 Å². The number of halogens is 1. The summed E-state index contributed by atoms with van der Waals surface area (Å²) in [6.07, 6.45) is 4.97. The van der Waals surface area contributed by atoms with Gasteiger partial charge in [-0.2, -0.15) is 0 Å². The van der Waals surface area contributed by atoms with Crippen molar-refractivity contribution in [3.8, 4) is 11.5 Å². The Labute approximate surface area is 215 Å². The van der Waals surface area contributed by atoms with Crippen LogP contribution >= 0.6 is 24.0 Å². The van der Waals surface area contributed by atoms with Crippen LogP contribution < -0.4 is 20.1 Å². The molecule has 1 aliphatic rings. The molecule has 8 nitrogen and oxygen atoms in total. The Balaban J connectivity index is 0.00000385. The zero-order chi connectivity index (χ0) is 22.9. The molecule has 9 heteroatoms. The Hall–Kier alpha value is -2.01. The normalized spacial score (nSPS) is 16.5. The van der Waals surface area contributed by atoms with Crippen molar-refractivity contribution < 1.29 is 9.47 Å². The number of benzene rings is 1. The lowest BCUT2D eigenvalue weighted by molar-refractivity contribution is 0.321. The predicted molar refractivity (Wildman–Crippen MR) is 144 cm³/mol. The van der Waals surface area contributed by atoms with Crippen molar-refractivity contribution in [1.29, 1.82) is 0 Å². The van der Waals surface area contributed by atoms with Crippen LogP contribution in [-0.4, -0.2) is 60.3 Å². The number of ether oxygens (including phenoxy) is 2. The minimum Gasteiger partial charge on any atom is -0.497 e. The lowest BCUT2D eigenvalue weighted by Crippen LogP contribution is -2.44. The van der Waals surface area contributed by atoms with Gasteiger partial charge in [-0.15, -0.1) is 24.0 Å². The lowest BCUT2D eigenvalue weighted by Gasteiger charge is -2.19. The molecule has 2 N–H and O–H groups in total. The van der Waals surface area contributed by atoms with Gasteiger partial charge in [-0.3, -0.25) is 4.90 Å². The average molecular weight is 571 g/mol. The summed E-state index contributed by atoms with van der Waals surface area (Å²) in [6.45, 7) is 11.7. The first-order valence-corrected chi connectivity index (χ1v) is 11.5. The fourth-order valence-corrected chi connectivity index (χ4v) is 4.02. The molecule has 1 unspecified atom stereocenters. The summed E-state index contributed by atoms with van der Waals surface area (Å²) in [4.78, 5) is 11.7. The summed E-state index contributed by atoms with van der Waals surface area (Å²) in [6, 6.07) is 6.42. The first kappa shape index (κ1) is 27.2. The average Bonchev–Trinajstić information content (AvgIpc) is 3.40. The summed E-state index contributed by atoms with van der Waals surface area (Å²) >= 11 is 0. The third kappa shape index (κ3) is 8.37. The van der Waals surface area contributed by atoms with E-state index in [-0.39, 0.29) is 24.0 Å². The van der Waals surface area contributed by atoms with Gasteiger partial charge in [0.15, 0.2) is 5.96 Å². The van der Waals surface area contributed by atoms with Gasteiger partial charge in [0.25, 0.3) is 0 Å². The van der Waals surface area contributed by atoms with E-state index in [0.717, 1.165) is 62.4 Å². The minimum atomic E-state index is 0. The summed E-state index contributed by atoms with van der Waals surface area (Å²) in [5, 5.41) is 6.99. The van der Waals surface area contributed by atoms with Crippen LogP contribution in [0.25, 0.3) is 0 Å². The number of rotatable bonds is 10. The van der Waals surface area contributed by atoms with Crippen LogP contribution in [-0.2, 0) is 19.6 Å². The van der Waals surface area contributed by atoms with Crippen molar-refractivity contribution in [2.24, 2.45) is 10.9 Å². The van der Waals surface area contributed by atoms with Crippen molar-refractivity contribution in [2.45, 2.75) is 52.9 Å². The van der Waals surface area contributed by atoms with E-state index in [0.29, 0.717) is 18.5 Å². The molecule has 1 saturated heterocycles. The Morgan fingerprint density at radius 1 is 1.21 bits per heavy atom. The second-order valence-electron chi connectivity index (χ2n) is 8.67. The summed E-state index contributed by atoms with van der Waals surface area (Å²) in [5.74, 6) is 4.07. The van der Waals surface area contributed by atoms with Crippen LogP contribution in [0.1, 0.15) is 38.6 Å². The van der Waals surface area contributed by atoms with E-state index in [1.807, 2.05) is 18.5 Å². The van der Waals surface area contributed by atoms with Crippen LogP contribution in [0.5, 0.6) is 11.5 Å². The molecule has 33 heavy (non-hydrogen) atoms. The first-order valence-electron chi connectivity index (χ1n) is 11.5. The van der Waals surface area contributed by atoms with Gasteiger partial charge in [-0.05, 0) is 37.0 Å². The molecule has 0 radical (unpaired) electrons. The maximum absolute atomic E-state index is 5.41. The molecule has 1 fully saturated rings. The smallest absolute Gasteiger partial charge is 0.191 e. The molecule has 1 aromatic heterocycles. The Kier molecular flexibility index (Phi) is 11.3. The SMILES string of the molecule is CCNC(=NCc1nccn1CC(C)C)NC1CCN(Cc2cc(OC)cc(OC)c2)C1.I. The number of likely N-dealkylation sites (tertiary alicyclic amines) is 1. The third-order valence-electron chi connectivity index (χ3n) is 5.52. The molecule has 1 atom stereocenters. The number of methoxy groups -OCH3 is 2. The zero-order valence-corrected chi connectivity index (χ0v) is 22.8. The van der Waals surface area contributed by atoms with Crippen molar-refractivity contribution >= 4 is 29.9 Å². The fourth-order valence-electron chi connectivity index (χ4n) is 4.02. The zero-order valence-electron chi connectivity index (χ0n) is 20.5. The highest BCUT2D eigenvalue weighted by atomic mass is 127. The van der Waals surface area contributed by atoms with Crippen LogP contribution in [0, 0.1) is 5.92 Å². The molecule has 0 spiro atoms. The fraction of sp³-hybridized carbons (Fsp3) is 0.583. The number of hydrogen-bond acceptors (Lipinski definition) is 5. The number of imidazole rings is 1. The van der Waals surface area contributed by atoms with E-state index < -0.39 is 0 Å². The molecule has 2 heterocycles. The largest absolute Gasteiger partial charge is 0.497 e. The molecule has 1 aromatic carbocycles. The van der Waals surface area contributed by atoms with Crippen molar-refractivity contribution in [3.63, 3.8) is 0 Å². The number of aliphatic imine (C=N–C) groups is 1. The van der Waals surface area contributed by atoms with E-state index >= 15 is 0 Å². The second-order valence-corrected chi connectivity index (χ2v) is 8.67. The van der Waals surface area contributed by atoms with Crippen LogP contribution in [0.2, 0.25) is 0 Å². The molecule has 0 amide bonds. The van der Waals surface area contributed by atoms with Gasteiger partial charge in [0.05, 0.1) is 14.2 Å². The minimum absolute atomic E-state index is 0. The molecule has 184 valence electrons. The van der Waals surface area contributed by atoms with Gasteiger partial charge >= 0.3 is 0 Å². The summed E-state index contributed by atoms with van der Waals surface area (Å²) < 4.78 is 13.0. The van der Waals surface area contributed by atoms with Gasteiger partial charge in [-0.1, -0.05) is 13.8 Å². The Bertz CT molecular complexity index is 863. The summed E-state index contributed by atoms with van der Waals surface area (Å²) in [5.41, 5.74) is 1.19. The maximum Gasteiger partial charge on any atom is 0.191 e. The van der Waals surface area contributed by atoms with Gasteiger partial charge in [-0.25, -0.2) is 9.98 Å². The lowest BCUT2D eigenvalue weighted by atomic mass is 10.2. The highest BCUT2D eigenvalue weighted by Crippen LogP contribution is 2.24. The molecule has 0 bridgehead atoms. The van der Waals surface area contributed by atoms with Crippen molar-refractivity contribution in [2.75, 3.05) is 33.9 Å². The quantitative estimate of drug-likeness (QED) is 0.259. The van der Waals surface area contributed by atoms with E-state index in [4.69, 9.17) is 14.5 Å². The standard InChI is InChI=1S/C24H38N6O2.HI/c1-6-25-24(27-14-23-26-8-10-30(23)15-18(2)3)28-20-7-9-29(17-20)16-19-11-21(31-4)13-22(12-19)32-5;/h8,10-13,18,20H,6-7,9,14-17H2,1-5H3,(H2,25,27,28);1H. The number of nitrogens with one attached hydrogen (secondary N) is 2. The van der Waals surface area contributed by atoms with Crippen LogP contribution in [0.15, 0.2) is 35.6 Å². The van der Waals surface area contributed by atoms with Gasteiger partial charge < -0.3 is 24.7 Å². The number of hydrogen-bond donors (Lipinski definition) is 2. The number of aromatic nitrogens is 2. The second kappa shape index (κ2) is 13.6. The van der Waals surface area contributed by atoms with E-state index in [1.54, 1.807) is 14.2 Å². The number of guanidine groups is 1. The maximum atomic E-state index is 5.41. The van der Waals surface area contributed by atoms with Crippen molar-refractivity contribution in [1.82, 2.24) is 25.1 Å². The molecule has 3 rings (SSSR count). The molecule has 0 aliphatic carbocycles. The highest BCUT2D eigenvalue weighted by molar-refractivity contribution is 14.0. The first-order chi connectivity index (χ1) is 15.5. The molecular weight excluding hydrogens is 531 g/mol. The molecule has 0 saturated carbocycles. The van der Waals surface area contributed by atoms with E-state index in [1.165, 1.54) is 5.56 Å². The highest BCUT2D eigenvalue weighted by Gasteiger charge is 2.23. The summed E-state index contributed by atoms with van der Waals surface area (Å²) in [7, 11) is 3.37. The van der Waals surface area contributed by atoms with E-state index in [2.05, 4.69) is 58.0 Å². The topological polar surface area (TPSA) is 75.9 Å². The van der Waals surface area contributed by atoms with Gasteiger partial charge in [0.1, 0.15) is 23.9 Å². The Morgan fingerprint density at radius 3 is 2.58 bits per heavy atom. The van der Waals surface area contributed by atoms with Crippen LogP contribution in [0.3, 0.4) is 0 Å². The van der Waals surface area contributed by atoms with Crippen molar-refractivity contribution in [3.05, 3.63) is 42.0 Å². The molecular formula is C24H39IN6O2. The third-order valence-corrected chi connectivity index (χ3v) is 5.52.